The number of hydrogen-bond donors (Lipinski definition) is 2. The van der Waals surface area contributed by atoms with E-state index < -0.39 is 6.10 Å². The molecule has 0 radical (unpaired) electrons. The van der Waals surface area contributed by atoms with Crippen LogP contribution in [0, 0.1) is 6.92 Å². The molecule has 2 aromatic rings. The maximum absolute atomic E-state index is 11.6. The van der Waals surface area contributed by atoms with Gasteiger partial charge in [-0.1, -0.05) is 28.9 Å². The standard InChI is InChI=1S/C20H24BrNO3/c1-3-20(24)15-5-8-19(9-6-15)25-13-18(23)12-22-11-16-4-7-17(21)10-14(16)2/h4-10,18,22-23H,3,11-13H2,1-2H3. The summed E-state index contributed by atoms with van der Waals surface area (Å²) in [5.41, 5.74) is 3.09. The molecule has 0 aliphatic carbocycles. The van der Waals surface area contributed by atoms with Gasteiger partial charge in [-0.05, 0) is 54.4 Å². The highest BCUT2D eigenvalue weighted by molar-refractivity contribution is 9.10. The summed E-state index contributed by atoms with van der Waals surface area (Å²) >= 11 is 3.45. The van der Waals surface area contributed by atoms with E-state index in [9.17, 15) is 9.90 Å². The zero-order valence-corrected chi connectivity index (χ0v) is 16.2. The lowest BCUT2D eigenvalue weighted by Crippen LogP contribution is -2.31. The van der Waals surface area contributed by atoms with Gasteiger partial charge in [0.1, 0.15) is 18.5 Å². The minimum Gasteiger partial charge on any atom is -0.491 e. The van der Waals surface area contributed by atoms with Crippen LogP contribution in [0.15, 0.2) is 46.9 Å². The van der Waals surface area contributed by atoms with E-state index in [1.165, 1.54) is 11.1 Å². The fraction of sp³-hybridized carbons (Fsp3) is 0.350. The fourth-order valence-corrected chi connectivity index (χ4v) is 2.90. The van der Waals surface area contributed by atoms with E-state index >= 15 is 0 Å². The van der Waals surface area contributed by atoms with Crippen LogP contribution in [0.4, 0.5) is 0 Å². The quantitative estimate of drug-likeness (QED) is 0.621. The van der Waals surface area contributed by atoms with Crippen LogP contribution < -0.4 is 10.1 Å². The second kappa shape index (κ2) is 9.70. The Morgan fingerprint density at radius 3 is 2.60 bits per heavy atom. The van der Waals surface area contributed by atoms with Gasteiger partial charge in [-0.25, -0.2) is 0 Å². The number of nitrogens with one attached hydrogen (secondary N) is 1. The number of carbonyl (C=O) groups excluding carboxylic acids is 1. The molecule has 1 unspecified atom stereocenters. The van der Waals surface area contributed by atoms with Gasteiger partial charge in [0.15, 0.2) is 5.78 Å². The Morgan fingerprint density at radius 2 is 1.96 bits per heavy atom. The Balaban J connectivity index is 1.73. The van der Waals surface area contributed by atoms with Gasteiger partial charge in [0, 0.05) is 29.5 Å². The van der Waals surface area contributed by atoms with Crippen molar-refractivity contribution in [2.75, 3.05) is 13.2 Å². The zero-order chi connectivity index (χ0) is 18.2. The summed E-state index contributed by atoms with van der Waals surface area (Å²) in [7, 11) is 0. The van der Waals surface area contributed by atoms with Gasteiger partial charge in [0.25, 0.3) is 0 Å². The second-order valence-electron chi connectivity index (χ2n) is 5.97. The molecule has 2 aromatic carbocycles. The summed E-state index contributed by atoms with van der Waals surface area (Å²) in [6.07, 6.45) is -0.115. The topological polar surface area (TPSA) is 58.6 Å². The molecule has 25 heavy (non-hydrogen) atoms. The van der Waals surface area contributed by atoms with E-state index in [0.29, 0.717) is 30.8 Å². The maximum atomic E-state index is 11.6. The van der Waals surface area contributed by atoms with Gasteiger partial charge < -0.3 is 15.2 Å². The lowest BCUT2D eigenvalue weighted by Gasteiger charge is -2.14. The predicted octanol–water partition coefficient (Wildman–Crippen LogP) is 3.88. The molecule has 0 saturated carbocycles. The Labute approximate surface area is 157 Å². The van der Waals surface area contributed by atoms with E-state index in [1.807, 2.05) is 13.0 Å². The number of hydrogen-bond acceptors (Lipinski definition) is 4. The highest BCUT2D eigenvalue weighted by atomic mass is 79.9. The van der Waals surface area contributed by atoms with Crippen molar-refractivity contribution in [3.63, 3.8) is 0 Å². The maximum Gasteiger partial charge on any atom is 0.162 e. The SMILES string of the molecule is CCC(=O)c1ccc(OCC(O)CNCc2ccc(Br)cc2C)cc1. The van der Waals surface area contributed by atoms with E-state index in [-0.39, 0.29) is 12.4 Å². The van der Waals surface area contributed by atoms with Crippen LogP contribution in [0.3, 0.4) is 0 Å². The lowest BCUT2D eigenvalue weighted by molar-refractivity contribution is 0.0986. The van der Waals surface area contributed by atoms with Crippen molar-refractivity contribution in [1.29, 1.82) is 0 Å². The lowest BCUT2D eigenvalue weighted by atomic mass is 10.1. The highest BCUT2D eigenvalue weighted by Crippen LogP contribution is 2.16. The zero-order valence-electron chi connectivity index (χ0n) is 14.6. The van der Waals surface area contributed by atoms with E-state index in [4.69, 9.17) is 4.74 Å². The number of benzene rings is 2. The molecule has 5 heteroatoms. The van der Waals surface area contributed by atoms with Gasteiger partial charge in [-0.2, -0.15) is 0 Å². The largest absolute Gasteiger partial charge is 0.491 e. The summed E-state index contributed by atoms with van der Waals surface area (Å²) in [4.78, 5) is 11.6. The number of aliphatic hydroxyl groups excluding tert-OH is 1. The minimum absolute atomic E-state index is 0.110. The fourth-order valence-electron chi connectivity index (χ4n) is 2.42. The second-order valence-corrected chi connectivity index (χ2v) is 6.88. The van der Waals surface area contributed by atoms with Crippen LogP contribution >= 0.6 is 15.9 Å². The predicted molar refractivity (Wildman–Crippen MR) is 103 cm³/mol. The highest BCUT2D eigenvalue weighted by Gasteiger charge is 2.07. The third-order valence-electron chi connectivity index (χ3n) is 3.94. The minimum atomic E-state index is -0.604. The molecule has 0 amide bonds. The summed E-state index contributed by atoms with van der Waals surface area (Å²) in [6, 6.07) is 13.2. The van der Waals surface area contributed by atoms with Gasteiger partial charge >= 0.3 is 0 Å². The molecule has 134 valence electrons. The molecule has 0 spiro atoms. The van der Waals surface area contributed by atoms with Crippen molar-refractivity contribution in [2.24, 2.45) is 0 Å². The van der Waals surface area contributed by atoms with Crippen molar-refractivity contribution in [1.82, 2.24) is 5.32 Å². The molecule has 0 aliphatic heterocycles. The molecule has 4 nitrogen and oxygen atoms in total. The molecule has 0 saturated heterocycles. The monoisotopic (exact) mass is 405 g/mol. The molecule has 2 N–H and O–H groups in total. The molecule has 0 aliphatic rings. The Kier molecular flexibility index (Phi) is 7.62. The van der Waals surface area contributed by atoms with E-state index in [0.717, 1.165) is 4.47 Å². The first-order valence-corrected chi connectivity index (χ1v) is 9.18. The van der Waals surface area contributed by atoms with E-state index in [2.05, 4.69) is 40.3 Å². The number of Topliss-reactive ketones (excluding diaryl/α,β-unsaturated/α-hetero) is 1. The average Bonchev–Trinajstić information content (AvgIpc) is 2.61. The molecule has 0 aromatic heterocycles. The summed E-state index contributed by atoms with van der Waals surface area (Å²) in [6.45, 7) is 5.25. The number of aliphatic hydroxyl groups is 1. The smallest absolute Gasteiger partial charge is 0.162 e. The van der Waals surface area contributed by atoms with Crippen molar-refractivity contribution >= 4 is 21.7 Å². The van der Waals surface area contributed by atoms with Crippen molar-refractivity contribution in [3.05, 3.63) is 63.6 Å². The van der Waals surface area contributed by atoms with Gasteiger partial charge in [-0.3, -0.25) is 4.79 Å². The number of carbonyl (C=O) groups is 1. The molecular weight excluding hydrogens is 382 g/mol. The third kappa shape index (κ3) is 6.27. The van der Waals surface area contributed by atoms with Gasteiger partial charge in [-0.15, -0.1) is 0 Å². The van der Waals surface area contributed by atoms with Crippen LogP contribution in [0.1, 0.15) is 34.8 Å². The van der Waals surface area contributed by atoms with Gasteiger partial charge in [0.2, 0.25) is 0 Å². The average molecular weight is 406 g/mol. The summed E-state index contributed by atoms with van der Waals surface area (Å²) in [5, 5.41) is 13.3. The Bertz CT molecular complexity index is 701. The van der Waals surface area contributed by atoms with Crippen molar-refractivity contribution in [3.8, 4) is 5.75 Å². The summed E-state index contributed by atoms with van der Waals surface area (Å²) in [5.74, 6) is 0.759. The van der Waals surface area contributed by atoms with Crippen LogP contribution in [-0.2, 0) is 6.54 Å². The molecule has 2 rings (SSSR count). The Morgan fingerprint density at radius 1 is 1.24 bits per heavy atom. The normalized spacial score (nSPS) is 12.0. The van der Waals surface area contributed by atoms with Crippen LogP contribution in [-0.4, -0.2) is 30.1 Å². The number of halogens is 1. The van der Waals surface area contributed by atoms with Crippen molar-refractivity contribution in [2.45, 2.75) is 32.9 Å². The molecule has 0 fully saturated rings. The third-order valence-corrected chi connectivity index (χ3v) is 4.43. The van der Waals surface area contributed by atoms with Crippen LogP contribution in [0.25, 0.3) is 0 Å². The first-order chi connectivity index (χ1) is 12.0. The number of rotatable bonds is 9. The number of aryl methyl sites for hydroxylation is 1. The van der Waals surface area contributed by atoms with Crippen LogP contribution in [0.2, 0.25) is 0 Å². The molecular formula is C20H24BrNO3. The first-order valence-electron chi connectivity index (χ1n) is 8.39. The molecule has 0 bridgehead atoms. The number of ketones is 1. The summed E-state index contributed by atoms with van der Waals surface area (Å²) < 4.78 is 6.63. The van der Waals surface area contributed by atoms with Crippen LogP contribution in [0.5, 0.6) is 5.75 Å². The number of ether oxygens (including phenoxy) is 1. The van der Waals surface area contributed by atoms with E-state index in [1.54, 1.807) is 24.3 Å². The molecule has 1 atom stereocenters. The van der Waals surface area contributed by atoms with Crippen molar-refractivity contribution < 1.29 is 14.6 Å². The Hall–Kier alpha value is -1.69. The first kappa shape index (κ1) is 19.6. The van der Waals surface area contributed by atoms with Gasteiger partial charge in [0.05, 0.1) is 0 Å². The molecule has 0 heterocycles.